The molecule has 0 aliphatic rings. The number of nitrogens with zero attached hydrogens (tertiary/aromatic N) is 1. The third kappa shape index (κ3) is 5.38. The summed E-state index contributed by atoms with van der Waals surface area (Å²) in [5.74, 6) is -0.311. The largest absolute Gasteiger partial charge is 0.369 e. The van der Waals surface area contributed by atoms with Gasteiger partial charge in [0, 0.05) is 6.54 Å². The summed E-state index contributed by atoms with van der Waals surface area (Å²) in [6, 6.07) is 2.23. The van der Waals surface area contributed by atoms with Crippen LogP contribution in [0, 0.1) is 22.2 Å². The molecule has 4 nitrogen and oxygen atoms in total. The van der Waals surface area contributed by atoms with Gasteiger partial charge in [-0.25, -0.2) is 0 Å². The van der Waals surface area contributed by atoms with Crippen molar-refractivity contribution in [3.8, 4) is 6.07 Å². The average molecular weight is 211 g/mol. The number of amides is 1. The molecule has 3 N–H and O–H groups in total. The van der Waals surface area contributed by atoms with Gasteiger partial charge in [0.25, 0.3) is 0 Å². The minimum atomic E-state index is -0.531. The molecule has 15 heavy (non-hydrogen) atoms. The molecule has 0 radical (unpaired) electrons. The fourth-order valence-electron chi connectivity index (χ4n) is 0.945. The molecular formula is C11H21N3O. The number of nitriles is 1. The van der Waals surface area contributed by atoms with Crippen LogP contribution in [0.25, 0.3) is 0 Å². The summed E-state index contributed by atoms with van der Waals surface area (Å²) in [7, 11) is 0. The summed E-state index contributed by atoms with van der Waals surface area (Å²) < 4.78 is 0. The predicted molar refractivity (Wildman–Crippen MR) is 59.9 cm³/mol. The Hall–Kier alpha value is -1.08. The first-order valence-electron chi connectivity index (χ1n) is 5.13. The van der Waals surface area contributed by atoms with Gasteiger partial charge in [0.1, 0.15) is 0 Å². The Morgan fingerprint density at radius 1 is 1.40 bits per heavy atom. The van der Waals surface area contributed by atoms with E-state index >= 15 is 0 Å². The van der Waals surface area contributed by atoms with Gasteiger partial charge in [-0.3, -0.25) is 4.79 Å². The van der Waals surface area contributed by atoms with Gasteiger partial charge >= 0.3 is 0 Å². The van der Waals surface area contributed by atoms with E-state index in [1.165, 1.54) is 0 Å². The Kier molecular flexibility index (Phi) is 4.76. The molecule has 0 saturated carbocycles. The topological polar surface area (TPSA) is 78.9 Å². The van der Waals surface area contributed by atoms with Crippen LogP contribution in [0.15, 0.2) is 0 Å². The van der Waals surface area contributed by atoms with E-state index in [4.69, 9.17) is 11.0 Å². The second kappa shape index (κ2) is 5.13. The Labute approximate surface area is 91.8 Å². The number of hydrogen-bond donors (Lipinski definition) is 2. The standard InChI is InChI=1S/C11H21N3O/c1-10(2,7-12)5-6-14-8-11(3,4)9(13)15/h14H,5-6,8H2,1-4H3,(H2,13,15). The predicted octanol–water partition coefficient (Wildman–Crippen LogP) is 1.03. The first-order chi connectivity index (χ1) is 6.71. The first kappa shape index (κ1) is 13.9. The number of carbonyl (C=O) groups is 1. The molecular weight excluding hydrogens is 190 g/mol. The van der Waals surface area contributed by atoms with E-state index in [0.29, 0.717) is 6.54 Å². The quantitative estimate of drug-likeness (QED) is 0.644. The van der Waals surface area contributed by atoms with Crippen LogP contribution in [0.5, 0.6) is 0 Å². The summed E-state index contributed by atoms with van der Waals surface area (Å²) in [5.41, 5.74) is 4.39. The molecule has 4 heteroatoms. The van der Waals surface area contributed by atoms with Gasteiger partial charge in [-0.2, -0.15) is 5.26 Å². The normalized spacial score (nSPS) is 12.2. The van der Waals surface area contributed by atoms with E-state index < -0.39 is 5.41 Å². The maximum absolute atomic E-state index is 11.0. The molecule has 0 bridgehead atoms. The van der Waals surface area contributed by atoms with Crippen molar-refractivity contribution in [2.24, 2.45) is 16.6 Å². The van der Waals surface area contributed by atoms with E-state index in [9.17, 15) is 4.79 Å². The molecule has 0 saturated heterocycles. The van der Waals surface area contributed by atoms with E-state index in [0.717, 1.165) is 13.0 Å². The van der Waals surface area contributed by atoms with Crippen molar-refractivity contribution in [2.75, 3.05) is 13.1 Å². The molecule has 1 amide bonds. The molecule has 0 rings (SSSR count). The molecule has 0 spiro atoms. The zero-order valence-corrected chi connectivity index (χ0v) is 10.1. The summed E-state index contributed by atoms with van der Waals surface area (Å²) in [5, 5.41) is 11.9. The summed E-state index contributed by atoms with van der Waals surface area (Å²) in [6.07, 6.45) is 0.762. The summed E-state index contributed by atoms with van der Waals surface area (Å²) >= 11 is 0. The molecule has 0 aliphatic carbocycles. The Bertz CT molecular complexity index is 263. The maximum atomic E-state index is 11.0. The molecule has 0 atom stereocenters. The molecule has 0 heterocycles. The lowest BCUT2D eigenvalue weighted by Gasteiger charge is -2.22. The van der Waals surface area contributed by atoms with Crippen molar-refractivity contribution >= 4 is 5.91 Å². The highest BCUT2D eigenvalue weighted by atomic mass is 16.1. The van der Waals surface area contributed by atoms with Crippen molar-refractivity contribution in [1.82, 2.24) is 5.32 Å². The van der Waals surface area contributed by atoms with E-state index in [-0.39, 0.29) is 11.3 Å². The van der Waals surface area contributed by atoms with Crippen LogP contribution in [0.4, 0.5) is 0 Å². The summed E-state index contributed by atoms with van der Waals surface area (Å²) in [6.45, 7) is 8.67. The number of carbonyl (C=O) groups excluding carboxylic acids is 1. The van der Waals surface area contributed by atoms with Gasteiger partial charge in [0.15, 0.2) is 0 Å². The summed E-state index contributed by atoms with van der Waals surface area (Å²) in [4.78, 5) is 11.0. The fraction of sp³-hybridized carbons (Fsp3) is 0.818. The molecule has 0 aromatic carbocycles. The van der Waals surface area contributed by atoms with Crippen LogP contribution >= 0.6 is 0 Å². The van der Waals surface area contributed by atoms with E-state index in [1.807, 2.05) is 13.8 Å². The number of primary amides is 1. The third-order valence-electron chi connectivity index (χ3n) is 2.46. The Balaban J connectivity index is 3.83. The van der Waals surface area contributed by atoms with Crippen LogP contribution in [-0.2, 0) is 4.79 Å². The molecule has 0 fully saturated rings. The van der Waals surface area contributed by atoms with Crippen LogP contribution in [-0.4, -0.2) is 19.0 Å². The molecule has 0 aromatic heterocycles. The van der Waals surface area contributed by atoms with Crippen LogP contribution < -0.4 is 11.1 Å². The molecule has 86 valence electrons. The van der Waals surface area contributed by atoms with Crippen molar-refractivity contribution in [2.45, 2.75) is 34.1 Å². The van der Waals surface area contributed by atoms with E-state index in [1.54, 1.807) is 13.8 Å². The van der Waals surface area contributed by atoms with Crippen molar-refractivity contribution in [3.63, 3.8) is 0 Å². The lowest BCUT2D eigenvalue weighted by atomic mass is 9.90. The molecule has 0 unspecified atom stereocenters. The minimum absolute atomic E-state index is 0.311. The van der Waals surface area contributed by atoms with Crippen LogP contribution in [0.2, 0.25) is 0 Å². The zero-order valence-electron chi connectivity index (χ0n) is 10.1. The van der Waals surface area contributed by atoms with Crippen molar-refractivity contribution in [3.05, 3.63) is 0 Å². The highest BCUT2D eigenvalue weighted by molar-refractivity contribution is 5.80. The number of hydrogen-bond acceptors (Lipinski definition) is 3. The maximum Gasteiger partial charge on any atom is 0.224 e. The molecule has 0 aromatic rings. The van der Waals surface area contributed by atoms with E-state index in [2.05, 4.69) is 11.4 Å². The first-order valence-corrected chi connectivity index (χ1v) is 5.13. The second-order valence-corrected chi connectivity index (χ2v) is 5.17. The lowest BCUT2D eigenvalue weighted by molar-refractivity contribution is -0.125. The van der Waals surface area contributed by atoms with Gasteiger partial charge in [0.05, 0.1) is 16.9 Å². The minimum Gasteiger partial charge on any atom is -0.369 e. The molecule has 0 aliphatic heterocycles. The van der Waals surface area contributed by atoms with Crippen molar-refractivity contribution < 1.29 is 4.79 Å². The monoisotopic (exact) mass is 211 g/mol. The van der Waals surface area contributed by atoms with Gasteiger partial charge < -0.3 is 11.1 Å². The Morgan fingerprint density at radius 2 is 1.93 bits per heavy atom. The van der Waals surface area contributed by atoms with Gasteiger partial charge in [-0.05, 0) is 40.7 Å². The number of nitrogens with two attached hydrogens (primary N) is 1. The number of nitrogens with one attached hydrogen (secondary N) is 1. The number of rotatable bonds is 6. The second-order valence-electron chi connectivity index (χ2n) is 5.17. The third-order valence-corrected chi connectivity index (χ3v) is 2.46. The van der Waals surface area contributed by atoms with Gasteiger partial charge in [-0.15, -0.1) is 0 Å². The van der Waals surface area contributed by atoms with Crippen LogP contribution in [0.1, 0.15) is 34.1 Å². The zero-order chi connectivity index (χ0) is 12.1. The lowest BCUT2D eigenvalue weighted by Crippen LogP contribution is -2.41. The average Bonchev–Trinajstić information content (AvgIpc) is 2.12. The van der Waals surface area contributed by atoms with Gasteiger partial charge in [-0.1, -0.05) is 0 Å². The smallest absolute Gasteiger partial charge is 0.224 e. The Morgan fingerprint density at radius 3 is 2.33 bits per heavy atom. The SMILES string of the molecule is CC(C)(C#N)CCNCC(C)(C)C(N)=O. The van der Waals surface area contributed by atoms with Crippen LogP contribution in [0.3, 0.4) is 0 Å². The highest BCUT2D eigenvalue weighted by Crippen LogP contribution is 2.18. The highest BCUT2D eigenvalue weighted by Gasteiger charge is 2.24. The van der Waals surface area contributed by atoms with Gasteiger partial charge in [0.2, 0.25) is 5.91 Å². The fourth-order valence-corrected chi connectivity index (χ4v) is 0.945. The van der Waals surface area contributed by atoms with Crippen molar-refractivity contribution in [1.29, 1.82) is 5.26 Å².